The Morgan fingerprint density at radius 2 is 1.91 bits per heavy atom. The van der Waals surface area contributed by atoms with Crippen LogP contribution in [0.4, 0.5) is 5.95 Å². The number of hydrogen-bond donors (Lipinski definition) is 5. The smallest absolute Gasteiger partial charge is 0.305 e. The van der Waals surface area contributed by atoms with Gasteiger partial charge in [-0.15, -0.1) is 0 Å². The molecule has 0 unspecified atom stereocenters. The molecule has 2 heterocycles. The molecule has 0 bridgehead atoms. The van der Waals surface area contributed by atoms with E-state index in [0.29, 0.717) is 24.5 Å². The van der Waals surface area contributed by atoms with Crippen LogP contribution < -0.4 is 16.0 Å². The van der Waals surface area contributed by atoms with E-state index >= 15 is 0 Å². The molecule has 32 heavy (non-hydrogen) atoms. The van der Waals surface area contributed by atoms with Crippen LogP contribution in [0.1, 0.15) is 37.3 Å². The average molecular weight is 438 g/mol. The Morgan fingerprint density at radius 1 is 1.06 bits per heavy atom. The largest absolute Gasteiger partial charge is 0.481 e. The first-order valence-electron chi connectivity index (χ1n) is 10.4. The highest BCUT2D eigenvalue weighted by Crippen LogP contribution is 2.15. The van der Waals surface area contributed by atoms with E-state index in [1.54, 1.807) is 18.3 Å². The van der Waals surface area contributed by atoms with Crippen molar-refractivity contribution in [1.29, 1.82) is 0 Å². The third kappa shape index (κ3) is 7.08. The van der Waals surface area contributed by atoms with Gasteiger partial charge in [0.15, 0.2) is 0 Å². The molecule has 0 aliphatic rings. The number of unbranched alkanes of at least 4 members (excludes halogenated alkanes) is 1. The summed E-state index contributed by atoms with van der Waals surface area (Å²) in [6.45, 7) is 0.446. The summed E-state index contributed by atoms with van der Waals surface area (Å²) in [7, 11) is 0. The van der Waals surface area contributed by atoms with Gasteiger partial charge in [0.2, 0.25) is 17.8 Å². The molecule has 2 aromatic heterocycles. The van der Waals surface area contributed by atoms with Crippen molar-refractivity contribution in [3.8, 4) is 0 Å². The molecule has 10 heteroatoms. The summed E-state index contributed by atoms with van der Waals surface area (Å²) in [5, 5.41) is 17.5. The van der Waals surface area contributed by atoms with Crippen molar-refractivity contribution >= 4 is 34.8 Å². The molecular formula is C22H26N6O4. The number of aromatic amines is 1. The number of carbonyl (C=O) groups is 3. The minimum absolute atomic E-state index is 0.216. The van der Waals surface area contributed by atoms with Gasteiger partial charge in [0.05, 0.1) is 30.0 Å². The number of pyridine rings is 1. The van der Waals surface area contributed by atoms with Crippen LogP contribution in [0.15, 0.2) is 48.8 Å². The molecule has 10 nitrogen and oxygen atoms in total. The predicted octanol–water partition coefficient (Wildman–Crippen LogP) is 1.99. The third-order valence-electron chi connectivity index (χ3n) is 4.76. The fraction of sp³-hybridized carbons (Fsp3) is 0.318. The Kier molecular flexibility index (Phi) is 8.13. The summed E-state index contributed by atoms with van der Waals surface area (Å²) in [6.07, 6.45) is 4.50. The Labute approximate surface area is 184 Å². The van der Waals surface area contributed by atoms with Gasteiger partial charge in [0, 0.05) is 25.4 Å². The molecule has 3 rings (SSSR count). The minimum Gasteiger partial charge on any atom is -0.481 e. The molecule has 0 aliphatic heterocycles. The van der Waals surface area contributed by atoms with Crippen LogP contribution in [0.3, 0.4) is 0 Å². The van der Waals surface area contributed by atoms with Gasteiger partial charge in [-0.25, -0.2) is 4.98 Å². The number of fused-ring (bicyclic) bond motifs is 1. The monoisotopic (exact) mass is 438 g/mol. The number of amides is 2. The number of nitrogens with zero attached hydrogens (tertiary/aromatic N) is 2. The predicted molar refractivity (Wildman–Crippen MR) is 119 cm³/mol. The van der Waals surface area contributed by atoms with E-state index < -0.39 is 17.9 Å². The van der Waals surface area contributed by atoms with Crippen LogP contribution in [0, 0.1) is 0 Å². The quantitative estimate of drug-likeness (QED) is 0.271. The lowest BCUT2D eigenvalue weighted by molar-refractivity contribution is -0.138. The molecule has 3 aromatic rings. The Hall–Kier alpha value is -3.95. The summed E-state index contributed by atoms with van der Waals surface area (Å²) in [5.74, 6) is -1.05. The molecule has 2 amide bonds. The highest BCUT2D eigenvalue weighted by molar-refractivity contribution is 5.85. The molecular weight excluding hydrogens is 412 g/mol. The van der Waals surface area contributed by atoms with Gasteiger partial charge in [-0.1, -0.05) is 18.2 Å². The molecule has 0 aliphatic carbocycles. The van der Waals surface area contributed by atoms with Gasteiger partial charge < -0.3 is 26.0 Å². The number of carboxylic acids is 1. The van der Waals surface area contributed by atoms with Gasteiger partial charge in [0.25, 0.3) is 0 Å². The van der Waals surface area contributed by atoms with Crippen molar-refractivity contribution < 1.29 is 19.5 Å². The van der Waals surface area contributed by atoms with Crippen LogP contribution >= 0.6 is 0 Å². The number of carbonyl (C=O) groups excluding carboxylic acids is 2. The van der Waals surface area contributed by atoms with Gasteiger partial charge in [0.1, 0.15) is 0 Å². The van der Waals surface area contributed by atoms with Crippen molar-refractivity contribution in [2.45, 2.75) is 31.7 Å². The fourth-order valence-corrected chi connectivity index (χ4v) is 3.18. The number of para-hydroxylation sites is 2. The SMILES string of the molecule is O=C(O)C[C@H](NC(=O)CNC(=O)CCCCNc1nc2ccccc2[nH]1)c1cccnc1. The highest BCUT2D eigenvalue weighted by atomic mass is 16.4. The van der Waals surface area contributed by atoms with Crippen LogP contribution in [0.5, 0.6) is 0 Å². The Balaban J connectivity index is 1.33. The Bertz CT molecular complexity index is 1020. The first-order chi connectivity index (χ1) is 15.5. The number of hydrogen-bond acceptors (Lipinski definition) is 6. The molecule has 168 valence electrons. The van der Waals surface area contributed by atoms with Gasteiger partial charge in [-0.3, -0.25) is 19.4 Å². The Morgan fingerprint density at radius 3 is 2.66 bits per heavy atom. The van der Waals surface area contributed by atoms with E-state index in [1.165, 1.54) is 6.20 Å². The lowest BCUT2D eigenvalue weighted by Crippen LogP contribution is -2.39. The number of benzene rings is 1. The maximum Gasteiger partial charge on any atom is 0.305 e. The summed E-state index contributed by atoms with van der Waals surface area (Å²) in [6, 6.07) is 10.4. The highest BCUT2D eigenvalue weighted by Gasteiger charge is 2.18. The van der Waals surface area contributed by atoms with Crippen molar-refractivity contribution in [2.75, 3.05) is 18.4 Å². The number of rotatable bonds is 12. The van der Waals surface area contributed by atoms with Crippen LogP contribution in [0.25, 0.3) is 11.0 Å². The number of H-pyrrole nitrogens is 1. The zero-order chi connectivity index (χ0) is 22.8. The van der Waals surface area contributed by atoms with E-state index in [4.69, 9.17) is 5.11 Å². The number of carboxylic acid groups (broad SMARTS) is 1. The number of aliphatic carboxylic acids is 1. The van der Waals surface area contributed by atoms with E-state index in [-0.39, 0.29) is 25.3 Å². The van der Waals surface area contributed by atoms with Gasteiger partial charge in [-0.2, -0.15) is 0 Å². The summed E-state index contributed by atoms with van der Waals surface area (Å²) >= 11 is 0. The number of nitrogens with one attached hydrogen (secondary N) is 4. The molecule has 0 saturated carbocycles. The summed E-state index contributed by atoms with van der Waals surface area (Å²) in [4.78, 5) is 46.8. The molecule has 0 fully saturated rings. The molecule has 1 atom stereocenters. The zero-order valence-electron chi connectivity index (χ0n) is 17.5. The fourth-order valence-electron chi connectivity index (χ4n) is 3.18. The van der Waals surface area contributed by atoms with Crippen molar-refractivity contribution in [2.24, 2.45) is 0 Å². The average Bonchev–Trinajstić information content (AvgIpc) is 3.20. The number of anilines is 1. The van der Waals surface area contributed by atoms with E-state index in [9.17, 15) is 14.4 Å². The molecule has 1 aromatic carbocycles. The lowest BCUT2D eigenvalue weighted by Gasteiger charge is -2.17. The molecule has 0 radical (unpaired) electrons. The van der Waals surface area contributed by atoms with E-state index in [0.717, 1.165) is 17.5 Å². The van der Waals surface area contributed by atoms with Crippen LogP contribution in [-0.2, 0) is 14.4 Å². The van der Waals surface area contributed by atoms with Crippen molar-refractivity contribution in [3.63, 3.8) is 0 Å². The summed E-state index contributed by atoms with van der Waals surface area (Å²) < 4.78 is 0. The van der Waals surface area contributed by atoms with Crippen LogP contribution in [0.2, 0.25) is 0 Å². The van der Waals surface area contributed by atoms with E-state index in [1.807, 2.05) is 24.3 Å². The second kappa shape index (κ2) is 11.4. The second-order valence-corrected chi connectivity index (χ2v) is 7.27. The lowest BCUT2D eigenvalue weighted by atomic mass is 10.1. The maximum absolute atomic E-state index is 12.2. The van der Waals surface area contributed by atoms with Crippen molar-refractivity contribution in [3.05, 3.63) is 54.4 Å². The van der Waals surface area contributed by atoms with Crippen molar-refractivity contribution in [1.82, 2.24) is 25.6 Å². The molecule has 5 N–H and O–H groups in total. The topological polar surface area (TPSA) is 149 Å². The number of imidazole rings is 1. The normalized spacial score (nSPS) is 11.6. The first-order valence-corrected chi connectivity index (χ1v) is 10.4. The third-order valence-corrected chi connectivity index (χ3v) is 4.76. The maximum atomic E-state index is 12.2. The molecule has 0 saturated heterocycles. The standard InChI is InChI=1S/C22H26N6O4/c29-19(9-3-4-11-24-22-27-16-7-1-2-8-17(16)28-22)25-14-20(30)26-18(12-21(31)32)15-6-5-10-23-13-15/h1-2,5-8,10,13,18H,3-4,9,11-12,14H2,(H,25,29)(H,26,30)(H,31,32)(H2,24,27,28)/t18-/m0/s1. The van der Waals surface area contributed by atoms with Gasteiger partial charge >= 0.3 is 5.97 Å². The number of aromatic nitrogens is 3. The van der Waals surface area contributed by atoms with Gasteiger partial charge in [-0.05, 0) is 36.6 Å². The first kappa shape index (κ1) is 22.7. The zero-order valence-corrected chi connectivity index (χ0v) is 17.5. The minimum atomic E-state index is -1.04. The second-order valence-electron chi connectivity index (χ2n) is 7.27. The molecule has 0 spiro atoms. The summed E-state index contributed by atoms with van der Waals surface area (Å²) in [5.41, 5.74) is 2.44. The van der Waals surface area contributed by atoms with E-state index in [2.05, 4.69) is 30.9 Å². The van der Waals surface area contributed by atoms with Crippen LogP contribution in [-0.4, -0.2) is 50.9 Å².